The summed E-state index contributed by atoms with van der Waals surface area (Å²) in [6, 6.07) is 15.7. The molecule has 0 atom stereocenters. The van der Waals surface area contributed by atoms with Crippen LogP contribution in [0.2, 0.25) is 0 Å². The second kappa shape index (κ2) is 12.0. The first-order valence-corrected chi connectivity index (χ1v) is 9.32. The molecule has 2 amide bonds. The van der Waals surface area contributed by atoms with Crippen LogP contribution in [0.3, 0.4) is 0 Å². The average molecular weight is 396 g/mol. The molecule has 0 aromatic heterocycles. The number of amides is 2. The van der Waals surface area contributed by atoms with E-state index in [1.54, 1.807) is 25.1 Å². The van der Waals surface area contributed by atoms with Crippen LogP contribution < -0.4 is 15.4 Å². The van der Waals surface area contributed by atoms with Gasteiger partial charge in [-0.15, -0.1) is 0 Å². The summed E-state index contributed by atoms with van der Waals surface area (Å²) in [5.74, 6) is -0.133. The number of nitrogens with one attached hydrogen (secondary N) is 2. The van der Waals surface area contributed by atoms with Crippen LogP contribution in [0, 0.1) is 0 Å². The van der Waals surface area contributed by atoms with Crippen molar-refractivity contribution in [3.8, 4) is 5.75 Å². The lowest BCUT2D eigenvalue weighted by Gasteiger charge is -2.07. The minimum absolute atomic E-state index is 0.183. The monoisotopic (exact) mass is 396 g/mol. The fraction of sp³-hybridized carbons (Fsp3) is 0.227. The predicted octanol–water partition coefficient (Wildman–Crippen LogP) is 3.17. The smallest absolute Gasteiger partial charge is 0.434 e. The summed E-state index contributed by atoms with van der Waals surface area (Å²) < 4.78 is 9.61. The number of rotatable bonds is 9. The third-order valence-electron chi connectivity index (χ3n) is 3.74. The Bertz CT molecular complexity index is 832. The van der Waals surface area contributed by atoms with Crippen LogP contribution >= 0.6 is 0 Å². The van der Waals surface area contributed by atoms with Crippen molar-refractivity contribution >= 4 is 24.0 Å². The van der Waals surface area contributed by atoms with E-state index in [-0.39, 0.29) is 18.4 Å². The maximum atomic E-state index is 12.1. The van der Waals surface area contributed by atoms with Crippen LogP contribution in [-0.4, -0.2) is 37.7 Å². The SMILES string of the molecule is CCOC(=O)Oc1ccc(C(=O)NCCCNC(=O)/C=C/c2ccccc2)cc1. The summed E-state index contributed by atoms with van der Waals surface area (Å²) in [4.78, 5) is 35.1. The maximum absolute atomic E-state index is 12.1. The van der Waals surface area contributed by atoms with E-state index in [2.05, 4.69) is 15.4 Å². The van der Waals surface area contributed by atoms with Gasteiger partial charge in [0.05, 0.1) is 6.61 Å². The lowest BCUT2D eigenvalue weighted by Crippen LogP contribution is -2.29. The van der Waals surface area contributed by atoms with Crippen LogP contribution in [0.5, 0.6) is 5.75 Å². The Morgan fingerprint density at radius 2 is 1.62 bits per heavy atom. The van der Waals surface area contributed by atoms with Crippen LogP contribution in [0.1, 0.15) is 29.3 Å². The Kier molecular flexibility index (Phi) is 8.95. The molecule has 0 aliphatic rings. The second-order valence-electron chi connectivity index (χ2n) is 5.95. The Morgan fingerprint density at radius 1 is 0.931 bits per heavy atom. The van der Waals surface area contributed by atoms with E-state index >= 15 is 0 Å². The number of ether oxygens (including phenoxy) is 2. The molecule has 0 fully saturated rings. The zero-order valence-electron chi connectivity index (χ0n) is 16.2. The summed E-state index contributed by atoms with van der Waals surface area (Å²) in [6.45, 7) is 2.78. The molecule has 0 heterocycles. The molecule has 0 aliphatic carbocycles. The number of hydrogen-bond donors (Lipinski definition) is 2. The molecule has 0 spiro atoms. The molecule has 29 heavy (non-hydrogen) atoms. The number of carbonyl (C=O) groups is 3. The van der Waals surface area contributed by atoms with Gasteiger partial charge < -0.3 is 20.1 Å². The summed E-state index contributed by atoms with van der Waals surface area (Å²) in [5.41, 5.74) is 1.39. The first kappa shape index (κ1) is 21.7. The first-order chi connectivity index (χ1) is 14.1. The summed E-state index contributed by atoms with van der Waals surface area (Å²) in [6.07, 6.45) is 3.03. The Hall–Kier alpha value is -3.61. The van der Waals surface area contributed by atoms with Crippen LogP contribution in [0.25, 0.3) is 6.08 Å². The van der Waals surface area contributed by atoms with Crippen molar-refractivity contribution in [1.29, 1.82) is 0 Å². The van der Waals surface area contributed by atoms with E-state index in [1.807, 2.05) is 30.3 Å². The summed E-state index contributed by atoms with van der Waals surface area (Å²) in [7, 11) is 0. The van der Waals surface area contributed by atoms with Crippen molar-refractivity contribution in [2.75, 3.05) is 19.7 Å². The molecular weight excluding hydrogens is 372 g/mol. The van der Waals surface area contributed by atoms with E-state index in [4.69, 9.17) is 4.74 Å². The molecule has 2 aromatic rings. The highest BCUT2D eigenvalue weighted by molar-refractivity contribution is 5.94. The van der Waals surface area contributed by atoms with Crippen molar-refractivity contribution < 1.29 is 23.9 Å². The van der Waals surface area contributed by atoms with Gasteiger partial charge in [0.1, 0.15) is 5.75 Å². The molecular formula is C22H24N2O5. The van der Waals surface area contributed by atoms with E-state index in [9.17, 15) is 14.4 Å². The lowest BCUT2D eigenvalue weighted by molar-refractivity contribution is -0.116. The molecule has 7 heteroatoms. The molecule has 0 saturated heterocycles. The standard InChI is InChI=1S/C22H24N2O5/c1-2-28-22(27)29-19-12-10-18(11-13-19)21(26)24-16-6-15-23-20(25)14-9-17-7-4-3-5-8-17/h3-5,7-14H,2,6,15-16H2,1H3,(H,23,25)(H,24,26)/b14-9+. The van der Waals surface area contributed by atoms with Crippen LogP contribution in [0.4, 0.5) is 4.79 Å². The fourth-order valence-corrected chi connectivity index (χ4v) is 2.32. The fourth-order valence-electron chi connectivity index (χ4n) is 2.32. The van der Waals surface area contributed by atoms with Crippen molar-refractivity contribution in [2.24, 2.45) is 0 Å². The van der Waals surface area contributed by atoms with E-state index in [1.165, 1.54) is 18.2 Å². The Morgan fingerprint density at radius 3 is 2.31 bits per heavy atom. The van der Waals surface area contributed by atoms with Gasteiger partial charge in [0.2, 0.25) is 5.91 Å². The normalized spacial score (nSPS) is 10.4. The minimum atomic E-state index is -0.787. The van der Waals surface area contributed by atoms with Gasteiger partial charge in [-0.25, -0.2) is 4.79 Å². The molecule has 0 aliphatic heterocycles. The molecule has 2 N–H and O–H groups in total. The van der Waals surface area contributed by atoms with Crippen molar-refractivity contribution in [3.05, 3.63) is 71.8 Å². The van der Waals surface area contributed by atoms with Gasteiger partial charge in [-0.3, -0.25) is 9.59 Å². The number of hydrogen-bond acceptors (Lipinski definition) is 5. The molecule has 0 unspecified atom stereocenters. The minimum Gasteiger partial charge on any atom is -0.434 e. The van der Waals surface area contributed by atoms with Crippen LogP contribution in [-0.2, 0) is 9.53 Å². The third kappa shape index (κ3) is 8.30. The van der Waals surface area contributed by atoms with Crippen molar-refractivity contribution in [2.45, 2.75) is 13.3 Å². The first-order valence-electron chi connectivity index (χ1n) is 9.32. The number of benzene rings is 2. The Labute approximate surface area is 169 Å². The van der Waals surface area contributed by atoms with Gasteiger partial charge in [0.15, 0.2) is 0 Å². The van der Waals surface area contributed by atoms with E-state index < -0.39 is 6.16 Å². The summed E-state index contributed by atoms with van der Waals surface area (Å²) in [5, 5.41) is 5.54. The summed E-state index contributed by atoms with van der Waals surface area (Å²) >= 11 is 0. The van der Waals surface area contributed by atoms with Crippen molar-refractivity contribution in [3.63, 3.8) is 0 Å². The molecule has 0 radical (unpaired) electrons. The quantitative estimate of drug-likeness (QED) is 0.294. The molecule has 0 saturated carbocycles. The molecule has 152 valence electrons. The Balaban J connectivity index is 1.64. The highest BCUT2D eigenvalue weighted by Crippen LogP contribution is 2.13. The maximum Gasteiger partial charge on any atom is 0.513 e. The van der Waals surface area contributed by atoms with Gasteiger partial charge >= 0.3 is 6.16 Å². The predicted molar refractivity (Wildman–Crippen MR) is 110 cm³/mol. The lowest BCUT2D eigenvalue weighted by atomic mass is 10.2. The molecule has 2 rings (SSSR count). The van der Waals surface area contributed by atoms with Crippen molar-refractivity contribution in [1.82, 2.24) is 10.6 Å². The third-order valence-corrected chi connectivity index (χ3v) is 3.74. The van der Waals surface area contributed by atoms with Gasteiger partial charge in [0.25, 0.3) is 5.91 Å². The molecule has 7 nitrogen and oxygen atoms in total. The van der Waals surface area contributed by atoms with Crippen LogP contribution in [0.15, 0.2) is 60.7 Å². The zero-order chi connectivity index (χ0) is 20.9. The second-order valence-corrected chi connectivity index (χ2v) is 5.95. The zero-order valence-corrected chi connectivity index (χ0v) is 16.2. The molecule has 2 aromatic carbocycles. The van der Waals surface area contributed by atoms with Gasteiger partial charge in [0, 0.05) is 24.7 Å². The van der Waals surface area contributed by atoms with E-state index in [0.717, 1.165) is 5.56 Å². The largest absolute Gasteiger partial charge is 0.513 e. The van der Waals surface area contributed by atoms with Gasteiger partial charge in [-0.1, -0.05) is 30.3 Å². The molecule has 0 bridgehead atoms. The van der Waals surface area contributed by atoms with E-state index in [0.29, 0.717) is 30.8 Å². The number of carbonyl (C=O) groups excluding carboxylic acids is 3. The topological polar surface area (TPSA) is 93.7 Å². The van der Waals surface area contributed by atoms with Gasteiger partial charge in [-0.05, 0) is 49.2 Å². The highest BCUT2D eigenvalue weighted by Gasteiger charge is 2.08. The highest BCUT2D eigenvalue weighted by atomic mass is 16.7. The average Bonchev–Trinajstić information content (AvgIpc) is 2.73. The van der Waals surface area contributed by atoms with Gasteiger partial charge in [-0.2, -0.15) is 0 Å².